The number of benzene rings is 1. The van der Waals surface area contributed by atoms with Crippen molar-refractivity contribution in [1.82, 2.24) is 4.98 Å². The maximum absolute atomic E-state index is 4.40. The smallest absolute Gasteiger partial charge is 0.0665 e. The van der Waals surface area contributed by atoms with E-state index in [-0.39, 0.29) is 0 Å². The molecule has 1 aliphatic carbocycles. The number of hydrogen-bond acceptors (Lipinski definition) is 1. The van der Waals surface area contributed by atoms with Gasteiger partial charge in [0.1, 0.15) is 0 Å². The van der Waals surface area contributed by atoms with Crippen molar-refractivity contribution in [2.24, 2.45) is 0 Å². The fraction of sp³-hybridized carbons (Fsp3) is 0.133. The van der Waals surface area contributed by atoms with Crippen molar-refractivity contribution in [1.29, 1.82) is 0 Å². The molecule has 78 valence electrons. The summed E-state index contributed by atoms with van der Waals surface area (Å²) in [5.74, 6) is 0. The summed E-state index contributed by atoms with van der Waals surface area (Å²) in [4.78, 5) is 4.40. The maximum Gasteiger partial charge on any atom is 0.0665 e. The second kappa shape index (κ2) is 3.60. The van der Waals surface area contributed by atoms with Crippen LogP contribution in [0.1, 0.15) is 27.9 Å². The molecule has 1 aromatic carbocycles. The molecular weight excluding hydrogens is 194 g/mol. The van der Waals surface area contributed by atoms with Crippen molar-refractivity contribution in [3.05, 3.63) is 64.5 Å². The monoisotopic (exact) mass is 207 g/mol. The largest absolute Gasteiger partial charge is 0.257 e. The van der Waals surface area contributed by atoms with Crippen LogP contribution in [0.25, 0.3) is 12.2 Å². The van der Waals surface area contributed by atoms with Gasteiger partial charge in [0.2, 0.25) is 0 Å². The number of rotatable bonds is 0. The highest BCUT2D eigenvalue weighted by atomic mass is 14.7. The first-order valence-corrected chi connectivity index (χ1v) is 5.54. The van der Waals surface area contributed by atoms with Gasteiger partial charge in [0.15, 0.2) is 0 Å². The number of nitrogens with zero attached hydrogens (tertiary/aromatic N) is 1. The van der Waals surface area contributed by atoms with Crippen LogP contribution in [0.2, 0.25) is 0 Å². The molecule has 0 saturated carbocycles. The summed E-state index contributed by atoms with van der Waals surface area (Å²) in [7, 11) is 0. The molecule has 0 saturated heterocycles. The summed E-state index contributed by atoms with van der Waals surface area (Å²) in [5, 5.41) is 0. The molecule has 2 aromatic rings. The molecule has 0 radical (unpaired) electrons. The van der Waals surface area contributed by atoms with Gasteiger partial charge in [0, 0.05) is 12.6 Å². The first-order chi connectivity index (χ1) is 7.83. The van der Waals surface area contributed by atoms with E-state index in [0.717, 1.165) is 12.1 Å². The molecule has 0 N–H and O–H groups in total. The van der Waals surface area contributed by atoms with Crippen LogP contribution in [-0.2, 0) is 6.42 Å². The number of hydrogen-bond donors (Lipinski definition) is 0. The minimum Gasteiger partial charge on any atom is -0.257 e. The van der Waals surface area contributed by atoms with Crippen molar-refractivity contribution >= 4 is 12.2 Å². The molecule has 0 spiro atoms. The summed E-state index contributed by atoms with van der Waals surface area (Å²) >= 11 is 0. The molecule has 1 nitrogen and oxygen atoms in total. The predicted octanol–water partition coefficient (Wildman–Crippen LogP) is 3.46. The Bertz CT molecular complexity index is 567. The van der Waals surface area contributed by atoms with Crippen molar-refractivity contribution < 1.29 is 0 Å². The zero-order valence-electron chi connectivity index (χ0n) is 9.27. The lowest BCUT2D eigenvalue weighted by Crippen LogP contribution is -1.93. The summed E-state index contributed by atoms with van der Waals surface area (Å²) in [5.41, 5.74) is 6.41. The van der Waals surface area contributed by atoms with E-state index in [1.807, 2.05) is 12.3 Å². The number of aromatic nitrogens is 1. The summed E-state index contributed by atoms with van der Waals surface area (Å²) in [6.45, 7) is 2.13. The van der Waals surface area contributed by atoms with E-state index in [1.165, 1.54) is 22.3 Å². The topological polar surface area (TPSA) is 12.9 Å². The van der Waals surface area contributed by atoms with Crippen LogP contribution in [0.5, 0.6) is 0 Å². The van der Waals surface area contributed by atoms with Crippen LogP contribution in [0, 0.1) is 6.92 Å². The highest BCUT2D eigenvalue weighted by Gasteiger charge is 2.09. The first-order valence-electron chi connectivity index (χ1n) is 5.54. The van der Waals surface area contributed by atoms with Crippen LogP contribution >= 0.6 is 0 Å². The molecule has 1 aromatic heterocycles. The zero-order chi connectivity index (χ0) is 11.0. The van der Waals surface area contributed by atoms with Gasteiger partial charge in [-0.3, -0.25) is 4.98 Å². The fourth-order valence-electron chi connectivity index (χ4n) is 2.15. The lowest BCUT2D eigenvalue weighted by Gasteiger charge is -2.05. The van der Waals surface area contributed by atoms with E-state index in [9.17, 15) is 0 Å². The van der Waals surface area contributed by atoms with Gasteiger partial charge in [-0.1, -0.05) is 35.9 Å². The first kappa shape index (κ1) is 9.34. The minimum absolute atomic E-state index is 0.978. The molecular formula is C15H13N. The average Bonchev–Trinajstić information content (AvgIpc) is 2.48. The summed E-state index contributed by atoms with van der Waals surface area (Å²) in [6.07, 6.45) is 7.11. The van der Waals surface area contributed by atoms with Crippen LogP contribution in [0.15, 0.2) is 36.5 Å². The summed E-state index contributed by atoms with van der Waals surface area (Å²) in [6, 6.07) is 10.8. The number of aryl methyl sites for hydroxylation is 1. The maximum atomic E-state index is 4.40. The van der Waals surface area contributed by atoms with Crippen LogP contribution in [0.3, 0.4) is 0 Å². The third-order valence-electron chi connectivity index (χ3n) is 3.03. The Hall–Kier alpha value is -1.89. The Labute approximate surface area is 95.5 Å². The minimum atomic E-state index is 0.978. The van der Waals surface area contributed by atoms with Crippen LogP contribution in [-0.4, -0.2) is 4.98 Å². The number of pyridine rings is 1. The Morgan fingerprint density at radius 1 is 1.06 bits per heavy atom. The molecule has 0 amide bonds. The molecule has 0 atom stereocenters. The van der Waals surface area contributed by atoms with Gasteiger partial charge in [-0.2, -0.15) is 0 Å². The third kappa shape index (κ3) is 1.54. The van der Waals surface area contributed by atoms with E-state index >= 15 is 0 Å². The quantitative estimate of drug-likeness (QED) is 0.550. The van der Waals surface area contributed by atoms with E-state index in [0.29, 0.717) is 0 Å². The second-order valence-electron chi connectivity index (χ2n) is 4.26. The zero-order valence-corrected chi connectivity index (χ0v) is 9.27. The van der Waals surface area contributed by atoms with Gasteiger partial charge in [0.05, 0.1) is 5.69 Å². The lowest BCUT2D eigenvalue weighted by molar-refractivity contribution is 1.13. The van der Waals surface area contributed by atoms with Crippen molar-refractivity contribution in [2.45, 2.75) is 13.3 Å². The van der Waals surface area contributed by atoms with Gasteiger partial charge in [-0.25, -0.2) is 0 Å². The standard InChI is InChI=1S/C15H13N/c1-11-4-5-13-10-14-3-2-8-16-15(14)7-6-12(13)9-11/h2-9H,10H2,1H3. The van der Waals surface area contributed by atoms with Crippen molar-refractivity contribution in [3.63, 3.8) is 0 Å². The van der Waals surface area contributed by atoms with Gasteiger partial charge >= 0.3 is 0 Å². The van der Waals surface area contributed by atoms with E-state index in [4.69, 9.17) is 0 Å². The Kier molecular flexibility index (Phi) is 2.10. The van der Waals surface area contributed by atoms with Crippen LogP contribution in [0.4, 0.5) is 0 Å². The molecule has 0 unspecified atom stereocenters. The van der Waals surface area contributed by atoms with Gasteiger partial charge in [-0.05, 0) is 35.8 Å². The van der Waals surface area contributed by atoms with Crippen molar-refractivity contribution in [3.8, 4) is 0 Å². The molecule has 1 aliphatic rings. The predicted molar refractivity (Wildman–Crippen MR) is 67.2 cm³/mol. The van der Waals surface area contributed by atoms with E-state index < -0.39 is 0 Å². The SMILES string of the molecule is Cc1ccc2c(c1)C=Cc1ncccc1C2. The third-order valence-corrected chi connectivity index (χ3v) is 3.03. The Balaban J connectivity index is 2.17. The molecule has 0 fully saturated rings. The van der Waals surface area contributed by atoms with Gasteiger partial charge < -0.3 is 0 Å². The Morgan fingerprint density at radius 3 is 2.94 bits per heavy atom. The van der Waals surface area contributed by atoms with Gasteiger partial charge in [0.25, 0.3) is 0 Å². The normalized spacial score (nSPS) is 12.8. The number of fused-ring (bicyclic) bond motifs is 2. The van der Waals surface area contributed by atoms with E-state index in [2.05, 4.69) is 48.3 Å². The highest BCUT2D eigenvalue weighted by molar-refractivity contribution is 5.74. The molecule has 1 heteroatoms. The molecule has 3 rings (SSSR count). The second-order valence-corrected chi connectivity index (χ2v) is 4.26. The molecule has 0 bridgehead atoms. The molecule has 0 aliphatic heterocycles. The fourth-order valence-corrected chi connectivity index (χ4v) is 2.15. The van der Waals surface area contributed by atoms with Crippen LogP contribution < -0.4 is 0 Å². The highest BCUT2D eigenvalue weighted by Crippen LogP contribution is 2.23. The Morgan fingerprint density at radius 2 is 2.00 bits per heavy atom. The van der Waals surface area contributed by atoms with Gasteiger partial charge in [-0.15, -0.1) is 0 Å². The van der Waals surface area contributed by atoms with E-state index in [1.54, 1.807) is 0 Å². The lowest BCUT2D eigenvalue weighted by atomic mass is 10.00. The summed E-state index contributed by atoms with van der Waals surface area (Å²) < 4.78 is 0. The molecule has 1 heterocycles. The molecule has 16 heavy (non-hydrogen) atoms. The average molecular weight is 207 g/mol. The van der Waals surface area contributed by atoms with Crippen molar-refractivity contribution in [2.75, 3.05) is 0 Å².